The summed E-state index contributed by atoms with van der Waals surface area (Å²) in [5.74, 6) is -3.85. The van der Waals surface area contributed by atoms with Gasteiger partial charge in [-0.25, -0.2) is 0 Å². The molecule has 0 atom stereocenters. The fourth-order valence-corrected chi connectivity index (χ4v) is 0.874. The standard InChI is InChI=1S/C9H12O5.Al.3H/c1-5(10)4-14-9(13)8(6(2)11)7(3)12;;;;/h8H,4H2,1-3H3;;;;. The van der Waals surface area contributed by atoms with Crippen LogP contribution in [0.25, 0.3) is 0 Å². The molecule has 84 valence electrons. The van der Waals surface area contributed by atoms with Crippen LogP contribution in [0.4, 0.5) is 0 Å². The molecule has 0 spiro atoms. The summed E-state index contributed by atoms with van der Waals surface area (Å²) in [5.41, 5.74) is 0. The van der Waals surface area contributed by atoms with E-state index in [2.05, 4.69) is 4.74 Å². The third-order valence-corrected chi connectivity index (χ3v) is 1.47. The number of carbonyl (C=O) groups excluding carboxylic acids is 4. The van der Waals surface area contributed by atoms with Gasteiger partial charge >= 0.3 is 5.97 Å². The maximum absolute atomic E-state index is 11.1. The summed E-state index contributed by atoms with van der Waals surface area (Å²) >= 11 is 0. The minimum atomic E-state index is -1.39. The number of ether oxygens (including phenoxy) is 1. The summed E-state index contributed by atoms with van der Waals surface area (Å²) in [4.78, 5) is 43.3. The van der Waals surface area contributed by atoms with Gasteiger partial charge in [0.15, 0.2) is 40.6 Å². The molecule has 0 aliphatic carbocycles. The first-order valence-electron chi connectivity index (χ1n) is 4.03. The monoisotopic (exact) mass is 230 g/mol. The average Bonchev–Trinajstić information content (AvgIpc) is 1.99. The lowest BCUT2D eigenvalue weighted by molar-refractivity contribution is -0.156. The SMILES string of the molecule is CC(=O)COC(=O)C(C(C)=O)C(C)=O.[AlH3]. The Labute approximate surface area is 98.3 Å². The first-order valence-corrected chi connectivity index (χ1v) is 4.03. The van der Waals surface area contributed by atoms with Gasteiger partial charge in [-0.15, -0.1) is 0 Å². The predicted octanol–water partition coefficient (Wildman–Crippen LogP) is -1.27. The van der Waals surface area contributed by atoms with E-state index < -0.39 is 30.1 Å². The average molecular weight is 230 g/mol. The molecule has 0 rings (SSSR count). The van der Waals surface area contributed by atoms with Crippen molar-refractivity contribution in [2.24, 2.45) is 5.92 Å². The Kier molecular flexibility index (Phi) is 8.03. The fraction of sp³-hybridized carbons (Fsp3) is 0.556. The molecule has 0 saturated carbocycles. The Bertz CT molecular complexity index is 270. The molecule has 0 N–H and O–H groups in total. The molecule has 15 heavy (non-hydrogen) atoms. The number of hydrogen-bond acceptors (Lipinski definition) is 5. The Balaban J connectivity index is 0. The van der Waals surface area contributed by atoms with Crippen molar-refractivity contribution in [2.75, 3.05) is 6.61 Å². The molecule has 0 aliphatic rings. The van der Waals surface area contributed by atoms with Crippen LogP contribution in [0.3, 0.4) is 0 Å². The second-order valence-corrected chi connectivity index (χ2v) is 2.96. The van der Waals surface area contributed by atoms with E-state index >= 15 is 0 Å². The van der Waals surface area contributed by atoms with E-state index in [4.69, 9.17) is 0 Å². The fourth-order valence-electron chi connectivity index (χ4n) is 0.874. The number of carbonyl (C=O) groups is 4. The van der Waals surface area contributed by atoms with E-state index in [1.54, 1.807) is 0 Å². The second-order valence-electron chi connectivity index (χ2n) is 2.96. The van der Waals surface area contributed by atoms with E-state index in [9.17, 15) is 19.2 Å². The van der Waals surface area contributed by atoms with Crippen LogP contribution in [-0.2, 0) is 23.9 Å². The van der Waals surface area contributed by atoms with Gasteiger partial charge in [-0.1, -0.05) is 0 Å². The highest BCUT2D eigenvalue weighted by Gasteiger charge is 2.29. The molecule has 6 heteroatoms. The highest BCUT2D eigenvalue weighted by atomic mass is 27.0. The molecule has 0 saturated heterocycles. The van der Waals surface area contributed by atoms with Gasteiger partial charge in [0.25, 0.3) is 0 Å². The van der Waals surface area contributed by atoms with Crippen LogP contribution in [-0.4, -0.2) is 47.3 Å². The molecule has 0 heterocycles. The largest absolute Gasteiger partial charge is 0.457 e. The zero-order valence-corrected chi connectivity index (χ0v) is 8.33. The lowest BCUT2D eigenvalue weighted by Crippen LogP contribution is -2.31. The van der Waals surface area contributed by atoms with Gasteiger partial charge in [0.2, 0.25) is 0 Å². The minimum Gasteiger partial charge on any atom is -0.457 e. The molecule has 0 bridgehead atoms. The molecule has 0 fully saturated rings. The van der Waals surface area contributed by atoms with Crippen molar-refractivity contribution in [1.29, 1.82) is 0 Å². The number of Topliss-reactive ketones (excluding diaryl/α,β-unsaturated/α-hetero) is 3. The summed E-state index contributed by atoms with van der Waals surface area (Å²) in [6, 6.07) is 0. The van der Waals surface area contributed by atoms with Crippen LogP contribution in [0, 0.1) is 5.92 Å². The summed E-state index contributed by atoms with van der Waals surface area (Å²) in [6.45, 7) is 3.09. The highest BCUT2D eigenvalue weighted by molar-refractivity contribution is 6.16. The zero-order chi connectivity index (χ0) is 11.3. The summed E-state index contributed by atoms with van der Waals surface area (Å²) in [5, 5.41) is 0. The molecule has 0 amide bonds. The number of esters is 1. The Morgan fingerprint density at radius 2 is 1.40 bits per heavy atom. The molecule has 0 aromatic rings. The second kappa shape index (κ2) is 7.32. The third kappa shape index (κ3) is 6.15. The smallest absolute Gasteiger partial charge is 0.324 e. The van der Waals surface area contributed by atoms with Crippen molar-refractivity contribution >= 4 is 40.7 Å². The number of hydrogen-bond donors (Lipinski definition) is 0. The van der Waals surface area contributed by atoms with Gasteiger partial charge in [-0.05, 0) is 20.8 Å². The van der Waals surface area contributed by atoms with Crippen molar-refractivity contribution in [3.05, 3.63) is 0 Å². The van der Waals surface area contributed by atoms with E-state index in [1.165, 1.54) is 6.92 Å². The van der Waals surface area contributed by atoms with Gasteiger partial charge in [0.1, 0.15) is 6.61 Å². The quantitative estimate of drug-likeness (QED) is 0.334. The van der Waals surface area contributed by atoms with E-state index in [0.717, 1.165) is 13.8 Å². The van der Waals surface area contributed by atoms with Gasteiger partial charge in [-0.2, -0.15) is 0 Å². The van der Waals surface area contributed by atoms with E-state index in [-0.39, 0.29) is 23.1 Å². The third-order valence-electron chi connectivity index (χ3n) is 1.47. The summed E-state index contributed by atoms with van der Waals surface area (Å²) < 4.78 is 4.46. The van der Waals surface area contributed by atoms with Crippen molar-refractivity contribution in [2.45, 2.75) is 20.8 Å². The minimum absolute atomic E-state index is 0. The van der Waals surface area contributed by atoms with Crippen molar-refractivity contribution in [3.8, 4) is 0 Å². The lowest BCUT2D eigenvalue weighted by Gasteiger charge is -2.08. The van der Waals surface area contributed by atoms with Gasteiger partial charge in [0, 0.05) is 0 Å². The maximum atomic E-state index is 11.1. The van der Waals surface area contributed by atoms with Crippen molar-refractivity contribution in [3.63, 3.8) is 0 Å². The number of rotatable bonds is 5. The first-order chi connectivity index (χ1) is 6.36. The van der Waals surface area contributed by atoms with Crippen LogP contribution >= 0.6 is 0 Å². The Morgan fingerprint density at radius 3 is 1.67 bits per heavy atom. The molecule has 0 radical (unpaired) electrons. The van der Waals surface area contributed by atoms with Crippen molar-refractivity contribution in [1.82, 2.24) is 0 Å². The molecule has 5 nitrogen and oxygen atoms in total. The first kappa shape index (κ1) is 16.4. The van der Waals surface area contributed by atoms with E-state index in [1.807, 2.05) is 0 Å². The Hall–Kier alpha value is -0.988. The molecule has 0 aliphatic heterocycles. The van der Waals surface area contributed by atoms with Crippen LogP contribution in [0.2, 0.25) is 0 Å². The summed E-state index contributed by atoms with van der Waals surface area (Å²) in [7, 11) is 0. The van der Waals surface area contributed by atoms with Gasteiger partial charge in [-0.3, -0.25) is 19.2 Å². The van der Waals surface area contributed by atoms with Crippen LogP contribution in [0.5, 0.6) is 0 Å². The zero-order valence-electron chi connectivity index (χ0n) is 8.33. The topological polar surface area (TPSA) is 77.5 Å². The number of ketones is 3. The molecule has 0 unspecified atom stereocenters. The Morgan fingerprint density at radius 1 is 1.00 bits per heavy atom. The van der Waals surface area contributed by atoms with Crippen LogP contribution in [0.1, 0.15) is 20.8 Å². The lowest BCUT2D eigenvalue weighted by atomic mass is 10.0. The molecular weight excluding hydrogens is 215 g/mol. The predicted molar refractivity (Wildman–Crippen MR) is 56.4 cm³/mol. The van der Waals surface area contributed by atoms with E-state index in [0.29, 0.717) is 0 Å². The molecule has 0 aromatic carbocycles. The van der Waals surface area contributed by atoms with Crippen LogP contribution < -0.4 is 0 Å². The molecule has 0 aromatic heterocycles. The normalized spacial score (nSPS) is 9.07. The highest BCUT2D eigenvalue weighted by Crippen LogP contribution is 2.03. The van der Waals surface area contributed by atoms with Gasteiger partial charge < -0.3 is 4.74 Å². The van der Waals surface area contributed by atoms with Crippen molar-refractivity contribution < 1.29 is 23.9 Å². The maximum Gasteiger partial charge on any atom is 0.324 e. The molecular formula is C9H15AlO5. The van der Waals surface area contributed by atoms with Crippen LogP contribution in [0.15, 0.2) is 0 Å². The van der Waals surface area contributed by atoms with Gasteiger partial charge in [0.05, 0.1) is 0 Å². The summed E-state index contributed by atoms with van der Waals surface area (Å²) in [6.07, 6.45) is 0.